The van der Waals surface area contributed by atoms with Crippen LogP contribution in [-0.2, 0) is 14.3 Å². The van der Waals surface area contributed by atoms with E-state index in [1.54, 1.807) is 20.8 Å². The van der Waals surface area contributed by atoms with Gasteiger partial charge < -0.3 is 14.6 Å². The van der Waals surface area contributed by atoms with Gasteiger partial charge in [0.1, 0.15) is 11.1 Å². The van der Waals surface area contributed by atoms with Crippen LogP contribution in [0, 0.1) is 5.92 Å². The van der Waals surface area contributed by atoms with Crippen LogP contribution in [0.2, 0.25) is 0 Å². The number of carbonyl (C=O) groups is 2. The number of likely N-dealkylation sites (tertiary alicyclic amines) is 1. The molecular weight excluding hydrogens is 274 g/mol. The first-order valence-electron chi connectivity index (χ1n) is 7.59. The number of aliphatic carboxylic acids is 1. The summed E-state index contributed by atoms with van der Waals surface area (Å²) in [6.07, 6.45) is 2.01. The minimum absolute atomic E-state index is 0.0706. The number of carboxylic acid groups (broad SMARTS) is 1. The van der Waals surface area contributed by atoms with E-state index in [4.69, 9.17) is 9.47 Å². The molecule has 0 aliphatic carbocycles. The molecule has 0 bridgehead atoms. The third-order valence-electron chi connectivity index (χ3n) is 4.30. The van der Waals surface area contributed by atoms with E-state index in [0.717, 1.165) is 0 Å². The Kier molecular flexibility index (Phi) is 4.46. The second kappa shape index (κ2) is 5.83. The minimum Gasteiger partial charge on any atom is -0.479 e. The predicted octanol–water partition coefficient (Wildman–Crippen LogP) is 2.27. The molecule has 0 radical (unpaired) electrons. The summed E-state index contributed by atoms with van der Waals surface area (Å²) >= 11 is 0. The molecule has 6 heteroatoms. The summed E-state index contributed by atoms with van der Waals surface area (Å²) in [7, 11) is 0. The predicted molar refractivity (Wildman–Crippen MR) is 76.1 cm³/mol. The number of amides is 1. The fourth-order valence-electron chi connectivity index (χ4n) is 3.41. The van der Waals surface area contributed by atoms with Crippen LogP contribution in [0.5, 0.6) is 0 Å². The molecule has 1 atom stereocenters. The third-order valence-corrected chi connectivity index (χ3v) is 4.30. The molecule has 2 aliphatic rings. The molecule has 1 N–H and O–H groups in total. The Labute approximate surface area is 125 Å². The van der Waals surface area contributed by atoms with Gasteiger partial charge in [0, 0.05) is 19.8 Å². The number of hydrogen-bond donors (Lipinski definition) is 1. The van der Waals surface area contributed by atoms with Gasteiger partial charge in [-0.1, -0.05) is 0 Å². The molecule has 0 spiro atoms. The Morgan fingerprint density at radius 1 is 1.29 bits per heavy atom. The molecule has 0 aromatic heterocycles. The van der Waals surface area contributed by atoms with Gasteiger partial charge in [0.05, 0.1) is 0 Å². The van der Waals surface area contributed by atoms with Crippen LogP contribution in [0.1, 0.15) is 46.5 Å². The second-order valence-electron chi connectivity index (χ2n) is 6.85. The first-order valence-corrected chi connectivity index (χ1v) is 7.59. The number of nitrogens with zero attached hydrogens (tertiary/aromatic N) is 1. The van der Waals surface area contributed by atoms with E-state index < -0.39 is 23.2 Å². The van der Waals surface area contributed by atoms with Crippen molar-refractivity contribution in [2.24, 2.45) is 5.92 Å². The highest BCUT2D eigenvalue weighted by Gasteiger charge is 2.56. The molecule has 1 amide bonds. The standard InChI is InChI=1S/C15H25NO5/c1-14(2,3)21-13(19)16-8-4-7-15(16,12(17)18)11-5-9-20-10-6-11/h11H,4-10H2,1-3H3,(H,17,18)/t15-/m0/s1. The van der Waals surface area contributed by atoms with Gasteiger partial charge in [0.2, 0.25) is 0 Å². The lowest BCUT2D eigenvalue weighted by atomic mass is 9.77. The van der Waals surface area contributed by atoms with E-state index in [1.165, 1.54) is 4.90 Å². The summed E-state index contributed by atoms with van der Waals surface area (Å²) in [6, 6.07) is 0. The normalized spacial score (nSPS) is 27.7. The van der Waals surface area contributed by atoms with Crippen LogP contribution in [-0.4, -0.2) is 53.0 Å². The zero-order chi connectivity index (χ0) is 15.7. The van der Waals surface area contributed by atoms with Crippen molar-refractivity contribution in [3.63, 3.8) is 0 Å². The van der Waals surface area contributed by atoms with Crippen LogP contribution >= 0.6 is 0 Å². The molecule has 6 nitrogen and oxygen atoms in total. The highest BCUT2D eigenvalue weighted by molar-refractivity contribution is 5.85. The lowest BCUT2D eigenvalue weighted by Gasteiger charge is -2.42. The van der Waals surface area contributed by atoms with Gasteiger partial charge in [-0.15, -0.1) is 0 Å². The lowest BCUT2D eigenvalue weighted by molar-refractivity contribution is -0.155. The molecule has 0 unspecified atom stereocenters. The maximum absolute atomic E-state index is 12.4. The second-order valence-corrected chi connectivity index (χ2v) is 6.85. The third kappa shape index (κ3) is 3.15. The summed E-state index contributed by atoms with van der Waals surface area (Å²) in [4.78, 5) is 25.9. The van der Waals surface area contributed by atoms with Crippen molar-refractivity contribution in [1.82, 2.24) is 4.90 Å². The van der Waals surface area contributed by atoms with Gasteiger partial charge in [-0.05, 0) is 52.4 Å². The van der Waals surface area contributed by atoms with E-state index in [1.807, 2.05) is 0 Å². The smallest absolute Gasteiger partial charge is 0.411 e. The molecule has 0 aromatic rings. The van der Waals surface area contributed by atoms with Gasteiger partial charge in [-0.25, -0.2) is 9.59 Å². The van der Waals surface area contributed by atoms with Gasteiger partial charge in [-0.2, -0.15) is 0 Å². The van der Waals surface area contributed by atoms with Crippen molar-refractivity contribution in [2.75, 3.05) is 19.8 Å². The highest BCUT2D eigenvalue weighted by atomic mass is 16.6. The van der Waals surface area contributed by atoms with Gasteiger partial charge in [-0.3, -0.25) is 4.90 Å². The maximum atomic E-state index is 12.4. The average molecular weight is 299 g/mol. The first kappa shape index (κ1) is 16.1. The molecule has 0 aromatic carbocycles. The lowest BCUT2D eigenvalue weighted by Crippen LogP contribution is -2.59. The van der Waals surface area contributed by atoms with Gasteiger partial charge >= 0.3 is 12.1 Å². The van der Waals surface area contributed by atoms with Crippen LogP contribution < -0.4 is 0 Å². The fourth-order valence-corrected chi connectivity index (χ4v) is 3.41. The maximum Gasteiger partial charge on any atom is 0.411 e. The zero-order valence-electron chi connectivity index (χ0n) is 13.1. The Morgan fingerprint density at radius 3 is 2.43 bits per heavy atom. The van der Waals surface area contributed by atoms with Crippen molar-refractivity contribution in [3.05, 3.63) is 0 Å². The summed E-state index contributed by atoms with van der Waals surface area (Å²) in [6.45, 7) is 6.93. The van der Waals surface area contributed by atoms with Gasteiger partial charge in [0.15, 0.2) is 0 Å². The van der Waals surface area contributed by atoms with Crippen LogP contribution in [0.4, 0.5) is 4.79 Å². The number of carbonyl (C=O) groups excluding carboxylic acids is 1. The molecular formula is C15H25NO5. The van der Waals surface area contributed by atoms with Crippen molar-refractivity contribution >= 4 is 12.1 Å². The number of ether oxygens (including phenoxy) is 2. The number of hydrogen-bond acceptors (Lipinski definition) is 4. The quantitative estimate of drug-likeness (QED) is 0.846. The van der Waals surface area contributed by atoms with Gasteiger partial charge in [0.25, 0.3) is 0 Å². The molecule has 2 fully saturated rings. The summed E-state index contributed by atoms with van der Waals surface area (Å²) in [5.74, 6) is -0.989. The summed E-state index contributed by atoms with van der Waals surface area (Å²) < 4.78 is 10.7. The molecule has 2 heterocycles. The monoisotopic (exact) mass is 299 g/mol. The van der Waals surface area contributed by atoms with Crippen LogP contribution in [0.25, 0.3) is 0 Å². The number of carboxylic acids is 1. The average Bonchev–Trinajstić information content (AvgIpc) is 2.83. The minimum atomic E-state index is -1.13. The van der Waals surface area contributed by atoms with Crippen molar-refractivity contribution in [1.29, 1.82) is 0 Å². The molecule has 2 aliphatic heterocycles. The SMILES string of the molecule is CC(C)(C)OC(=O)N1CCC[C@@]1(C(=O)O)C1CCOCC1. The summed E-state index contributed by atoms with van der Waals surface area (Å²) in [5.41, 5.74) is -1.76. The molecule has 2 rings (SSSR count). The van der Waals surface area contributed by atoms with E-state index >= 15 is 0 Å². The Morgan fingerprint density at radius 2 is 1.90 bits per heavy atom. The topological polar surface area (TPSA) is 76.1 Å². The highest BCUT2D eigenvalue weighted by Crippen LogP contribution is 2.41. The Bertz CT molecular complexity index is 411. The van der Waals surface area contributed by atoms with Crippen LogP contribution in [0.15, 0.2) is 0 Å². The number of rotatable bonds is 2. The van der Waals surface area contributed by atoms with Crippen LogP contribution in [0.3, 0.4) is 0 Å². The Hall–Kier alpha value is -1.30. The van der Waals surface area contributed by atoms with E-state index in [-0.39, 0.29) is 5.92 Å². The van der Waals surface area contributed by atoms with E-state index in [2.05, 4.69) is 0 Å². The first-order chi connectivity index (χ1) is 9.77. The largest absolute Gasteiger partial charge is 0.479 e. The molecule has 120 valence electrons. The van der Waals surface area contributed by atoms with E-state index in [9.17, 15) is 14.7 Å². The van der Waals surface area contributed by atoms with Crippen molar-refractivity contribution in [3.8, 4) is 0 Å². The zero-order valence-corrected chi connectivity index (χ0v) is 13.1. The molecule has 2 saturated heterocycles. The fraction of sp³-hybridized carbons (Fsp3) is 0.867. The summed E-state index contributed by atoms with van der Waals surface area (Å²) in [5, 5.41) is 9.84. The molecule has 0 saturated carbocycles. The van der Waals surface area contributed by atoms with Crippen molar-refractivity contribution < 1.29 is 24.2 Å². The molecule has 21 heavy (non-hydrogen) atoms. The Balaban J connectivity index is 2.25. The van der Waals surface area contributed by atoms with Crippen molar-refractivity contribution in [2.45, 2.75) is 57.6 Å². The van der Waals surface area contributed by atoms with E-state index in [0.29, 0.717) is 45.4 Å².